The van der Waals surface area contributed by atoms with Gasteiger partial charge in [0.05, 0.1) is 30.5 Å². The van der Waals surface area contributed by atoms with E-state index in [-0.39, 0.29) is 0 Å². The van der Waals surface area contributed by atoms with Crippen molar-refractivity contribution in [2.75, 3.05) is 26.9 Å². The Morgan fingerprint density at radius 2 is 2.05 bits per heavy atom. The molecule has 0 aliphatic rings. The highest BCUT2D eigenvalue weighted by atomic mass is 16.5. The molecule has 0 amide bonds. The van der Waals surface area contributed by atoms with Gasteiger partial charge in [0, 0.05) is 32.1 Å². The number of aryl methyl sites for hydroxylation is 1. The summed E-state index contributed by atoms with van der Waals surface area (Å²) in [5.74, 6) is 0. The highest BCUT2D eigenvalue weighted by Gasteiger charge is 2.13. The van der Waals surface area contributed by atoms with E-state index in [4.69, 9.17) is 9.47 Å². The third kappa shape index (κ3) is 4.27. The Bertz CT molecular complexity index is 553. The van der Waals surface area contributed by atoms with Crippen LogP contribution in [0.2, 0.25) is 0 Å². The van der Waals surface area contributed by atoms with Crippen molar-refractivity contribution in [3.8, 4) is 0 Å². The molecule has 5 heteroatoms. The predicted molar refractivity (Wildman–Crippen MR) is 82.4 cm³/mol. The molecule has 0 saturated carbocycles. The van der Waals surface area contributed by atoms with Gasteiger partial charge in [-0.3, -0.25) is 4.68 Å². The Labute approximate surface area is 125 Å². The van der Waals surface area contributed by atoms with Gasteiger partial charge in [0.15, 0.2) is 0 Å². The van der Waals surface area contributed by atoms with Crippen molar-refractivity contribution in [1.82, 2.24) is 9.78 Å². The maximum atomic E-state index is 10.1. The van der Waals surface area contributed by atoms with Gasteiger partial charge in [0.2, 0.25) is 0 Å². The largest absolute Gasteiger partial charge is 0.393 e. The molecule has 0 saturated heterocycles. The summed E-state index contributed by atoms with van der Waals surface area (Å²) in [7, 11) is 1.65. The van der Waals surface area contributed by atoms with E-state index in [9.17, 15) is 5.11 Å². The van der Waals surface area contributed by atoms with Crippen LogP contribution in [0.25, 0.3) is 10.9 Å². The van der Waals surface area contributed by atoms with E-state index >= 15 is 0 Å². The van der Waals surface area contributed by atoms with E-state index in [1.54, 1.807) is 7.11 Å². The minimum absolute atomic E-state index is 0.434. The summed E-state index contributed by atoms with van der Waals surface area (Å²) in [5, 5.41) is 15.9. The van der Waals surface area contributed by atoms with Gasteiger partial charge >= 0.3 is 0 Å². The lowest BCUT2D eigenvalue weighted by Gasteiger charge is -2.09. The molecule has 0 bridgehead atoms. The fourth-order valence-corrected chi connectivity index (χ4v) is 2.38. The summed E-state index contributed by atoms with van der Waals surface area (Å²) < 4.78 is 12.3. The van der Waals surface area contributed by atoms with Gasteiger partial charge in [-0.05, 0) is 19.4 Å². The van der Waals surface area contributed by atoms with Crippen LogP contribution in [0.3, 0.4) is 0 Å². The smallest absolute Gasteiger partial charge is 0.0729 e. The number of para-hydroxylation sites is 1. The molecular weight excluding hydrogens is 268 g/mol. The molecule has 1 aromatic carbocycles. The lowest BCUT2D eigenvalue weighted by atomic mass is 10.1. The summed E-state index contributed by atoms with van der Waals surface area (Å²) in [6, 6.07) is 8.15. The monoisotopic (exact) mass is 292 g/mol. The summed E-state index contributed by atoms with van der Waals surface area (Å²) in [4.78, 5) is 0. The molecule has 116 valence electrons. The standard InChI is InChI=1S/C16H24N2O3/c1-3-18-16-7-5-4-6-14(16)15(17-18)12-13(19)8-9-21-11-10-20-2/h4-7,13,19H,3,8-12H2,1-2H3. The van der Waals surface area contributed by atoms with Crippen LogP contribution in [-0.4, -0.2) is 47.9 Å². The fourth-order valence-electron chi connectivity index (χ4n) is 2.38. The fraction of sp³-hybridized carbons (Fsp3) is 0.562. The molecule has 1 atom stereocenters. The van der Waals surface area contributed by atoms with Gasteiger partial charge in [0.1, 0.15) is 0 Å². The van der Waals surface area contributed by atoms with Crippen LogP contribution in [0.5, 0.6) is 0 Å². The quantitative estimate of drug-likeness (QED) is 0.718. The van der Waals surface area contributed by atoms with Crippen molar-refractivity contribution in [3.63, 3.8) is 0 Å². The Morgan fingerprint density at radius 1 is 1.24 bits per heavy atom. The van der Waals surface area contributed by atoms with Gasteiger partial charge in [-0.2, -0.15) is 5.10 Å². The van der Waals surface area contributed by atoms with Crippen molar-refractivity contribution in [2.45, 2.75) is 32.4 Å². The van der Waals surface area contributed by atoms with Crippen LogP contribution in [0.4, 0.5) is 0 Å². The average Bonchev–Trinajstić information content (AvgIpc) is 2.85. The number of methoxy groups -OCH3 is 1. The summed E-state index contributed by atoms with van der Waals surface area (Å²) >= 11 is 0. The van der Waals surface area contributed by atoms with Crippen molar-refractivity contribution < 1.29 is 14.6 Å². The summed E-state index contributed by atoms with van der Waals surface area (Å²) in [5.41, 5.74) is 2.08. The number of hydrogen-bond donors (Lipinski definition) is 1. The highest BCUT2D eigenvalue weighted by molar-refractivity contribution is 5.81. The number of aromatic nitrogens is 2. The molecule has 1 aromatic heterocycles. The number of nitrogens with zero attached hydrogens (tertiary/aromatic N) is 2. The van der Waals surface area contributed by atoms with Gasteiger partial charge in [-0.15, -0.1) is 0 Å². The van der Waals surface area contributed by atoms with Gasteiger partial charge in [-0.25, -0.2) is 0 Å². The van der Waals surface area contributed by atoms with Crippen LogP contribution < -0.4 is 0 Å². The first-order valence-corrected chi connectivity index (χ1v) is 7.45. The number of benzene rings is 1. The molecule has 0 radical (unpaired) electrons. The minimum Gasteiger partial charge on any atom is -0.393 e. The molecule has 21 heavy (non-hydrogen) atoms. The number of aliphatic hydroxyl groups excluding tert-OH is 1. The maximum Gasteiger partial charge on any atom is 0.0729 e. The summed E-state index contributed by atoms with van der Waals surface area (Å²) in [6.45, 7) is 4.59. The van der Waals surface area contributed by atoms with Crippen molar-refractivity contribution in [3.05, 3.63) is 30.0 Å². The van der Waals surface area contributed by atoms with Crippen LogP contribution in [-0.2, 0) is 22.4 Å². The van der Waals surface area contributed by atoms with E-state index in [0.29, 0.717) is 32.7 Å². The van der Waals surface area contributed by atoms with E-state index < -0.39 is 6.10 Å². The Hall–Kier alpha value is -1.43. The topological polar surface area (TPSA) is 56.5 Å². The highest BCUT2D eigenvalue weighted by Crippen LogP contribution is 2.20. The lowest BCUT2D eigenvalue weighted by molar-refractivity contribution is 0.0477. The zero-order valence-corrected chi connectivity index (χ0v) is 12.8. The Balaban J connectivity index is 1.93. The molecule has 0 aliphatic carbocycles. The molecule has 0 fully saturated rings. The third-order valence-electron chi connectivity index (χ3n) is 3.49. The van der Waals surface area contributed by atoms with Gasteiger partial charge in [-0.1, -0.05) is 18.2 Å². The first-order valence-electron chi connectivity index (χ1n) is 7.45. The van der Waals surface area contributed by atoms with Crippen LogP contribution in [0, 0.1) is 0 Å². The maximum absolute atomic E-state index is 10.1. The predicted octanol–water partition coefficient (Wildman–Crippen LogP) is 2.01. The second-order valence-electron chi connectivity index (χ2n) is 5.03. The normalized spacial score (nSPS) is 12.9. The SMILES string of the molecule is CCn1nc(CC(O)CCOCCOC)c2ccccc21. The molecule has 0 spiro atoms. The number of aliphatic hydroxyl groups is 1. The van der Waals surface area contributed by atoms with E-state index in [1.165, 1.54) is 0 Å². The van der Waals surface area contributed by atoms with E-state index in [1.807, 2.05) is 16.8 Å². The lowest BCUT2D eigenvalue weighted by Crippen LogP contribution is -2.15. The molecule has 2 rings (SSSR count). The molecular formula is C16H24N2O3. The molecule has 0 aliphatic heterocycles. The Morgan fingerprint density at radius 3 is 2.81 bits per heavy atom. The van der Waals surface area contributed by atoms with E-state index in [2.05, 4.69) is 24.2 Å². The molecule has 1 heterocycles. The van der Waals surface area contributed by atoms with Crippen LogP contribution in [0.15, 0.2) is 24.3 Å². The van der Waals surface area contributed by atoms with Crippen molar-refractivity contribution in [2.24, 2.45) is 0 Å². The zero-order valence-electron chi connectivity index (χ0n) is 12.8. The van der Waals surface area contributed by atoms with Gasteiger partial charge < -0.3 is 14.6 Å². The molecule has 1 N–H and O–H groups in total. The number of ether oxygens (including phenoxy) is 2. The molecule has 5 nitrogen and oxygen atoms in total. The number of fused-ring (bicyclic) bond motifs is 1. The minimum atomic E-state index is -0.434. The van der Waals surface area contributed by atoms with Gasteiger partial charge in [0.25, 0.3) is 0 Å². The first-order chi connectivity index (χ1) is 10.3. The molecule has 2 aromatic rings. The van der Waals surface area contributed by atoms with Crippen LogP contribution in [0.1, 0.15) is 19.0 Å². The second-order valence-corrected chi connectivity index (χ2v) is 5.03. The van der Waals surface area contributed by atoms with Crippen LogP contribution >= 0.6 is 0 Å². The molecule has 1 unspecified atom stereocenters. The van der Waals surface area contributed by atoms with Crippen molar-refractivity contribution >= 4 is 10.9 Å². The zero-order chi connectivity index (χ0) is 15.1. The number of hydrogen-bond acceptors (Lipinski definition) is 4. The Kier molecular flexibility index (Phi) is 6.17. The number of rotatable bonds is 9. The first kappa shape index (κ1) is 15.9. The third-order valence-corrected chi connectivity index (χ3v) is 3.49. The average molecular weight is 292 g/mol. The van der Waals surface area contributed by atoms with E-state index in [0.717, 1.165) is 23.1 Å². The summed E-state index contributed by atoms with van der Waals surface area (Å²) in [6.07, 6.45) is 0.731. The second kappa shape index (κ2) is 8.12. The van der Waals surface area contributed by atoms with Crippen molar-refractivity contribution in [1.29, 1.82) is 0 Å².